The fraction of sp³-hybridized carbons (Fsp3) is 0. The first-order chi connectivity index (χ1) is 11.8. The average molecular weight is 325 g/mol. The summed E-state index contributed by atoms with van der Waals surface area (Å²) >= 11 is 1.73. The first-order valence-corrected chi connectivity index (χ1v) is 8.23. The van der Waals surface area contributed by atoms with Crippen LogP contribution in [0.3, 0.4) is 0 Å². The topological polar surface area (TPSA) is 50.8 Å². The Labute approximate surface area is 144 Å². The normalized spacial score (nSPS) is 11.8. The van der Waals surface area contributed by atoms with E-state index in [1.165, 1.54) is 0 Å². The second-order valence-electron chi connectivity index (χ2n) is 5.37. The molecule has 0 spiro atoms. The lowest BCUT2D eigenvalue weighted by molar-refractivity contribution is 1.16. The van der Waals surface area contributed by atoms with E-state index in [4.69, 9.17) is 0 Å². The third-order valence-electron chi connectivity index (χ3n) is 3.87. The summed E-state index contributed by atoms with van der Waals surface area (Å²) in [7, 11) is 0. The Kier molecular flexibility index (Phi) is 3.46. The minimum atomic E-state index is 0.484. The molecule has 3 nitrogen and oxygen atoms in total. The highest BCUT2D eigenvalue weighted by Gasteiger charge is 2.24. The Morgan fingerprint density at radius 2 is 1.21 bits per heavy atom. The van der Waals surface area contributed by atoms with Gasteiger partial charge < -0.3 is 4.90 Å². The van der Waals surface area contributed by atoms with Crippen LogP contribution in [0, 0.1) is 22.7 Å². The van der Waals surface area contributed by atoms with Gasteiger partial charge in [-0.05, 0) is 42.5 Å². The summed E-state index contributed by atoms with van der Waals surface area (Å²) in [6.45, 7) is 0. The molecule has 0 bridgehead atoms. The molecule has 0 aliphatic carbocycles. The van der Waals surface area contributed by atoms with Crippen molar-refractivity contribution >= 4 is 28.8 Å². The fourth-order valence-electron chi connectivity index (χ4n) is 2.85. The van der Waals surface area contributed by atoms with E-state index in [-0.39, 0.29) is 0 Å². The van der Waals surface area contributed by atoms with Crippen LogP contribution < -0.4 is 4.90 Å². The van der Waals surface area contributed by atoms with Crippen molar-refractivity contribution < 1.29 is 0 Å². The summed E-state index contributed by atoms with van der Waals surface area (Å²) in [5.41, 5.74) is 3.90. The van der Waals surface area contributed by atoms with Gasteiger partial charge in [0.1, 0.15) is 0 Å². The van der Waals surface area contributed by atoms with Crippen molar-refractivity contribution in [3.8, 4) is 12.1 Å². The number of fused-ring (bicyclic) bond motifs is 2. The van der Waals surface area contributed by atoms with E-state index >= 15 is 0 Å². The predicted octanol–water partition coefficient (Wildman–Crippen LogP) is 5.36. The standard InChI is InChI=1S/C20H11N3S/c21-12-14-9-15(13-22)11-16(10-14)23-17-5-1-3-7-19(17)24-20-8-4-2-6-18(20)23/h1-11H. The van der Waals surface area contributed by atoms with E-state index < -0.39 is 0 Å². The first-order valence-electron chi connectivity index (χ1n) is 7.41. The van der Waals surface area contributed by atoms with E-state index in [1.807, 2.05) is 36.4 Å². The molecule has 3 aromatic carbocycles. The molecule has 0 amide bonds. The second kappa shape index (κ2) is 5.77. The molecule has 0 N–H and O–H groups in total. The van der Waals surface area contributed by atoms with Crippen LogP contribution in [-0.2, 0) is 0 Å². The largest absolute Gasteiger partial charge is 0.308 e. The molecule has 0 aromatic heterocycles. The smallest absolute Gasteiger partial charge is 0.0992 e. The third-order valence-corrected chi connectivity index (χ3v) is 5.00. The lowest BCUT2D eigenvalue weighted by Crippen LogP contribution is -2.15. The van der Waals surface area contributed by atoms with Gasteiger partial charge in [0.15, 0.2) is 0 Å². The zero-order chi connectivity index (χ0) is 16.5. The molecule has 1 aliphatic rings. The van der Waals surface area contributed by atoms with Gasteiger partial charge in [-0.2, -0.15) is 10.5 Å². The van der Waals surface area contributed by atoms with Gasteiger partial charge in [0, 0.05) is 15.5 Å². The summed E-state index contributed by atoms with van der Waals surface area (Å²) in [5.74, 6) is 0. The number of hydrogen-bond donors (Lipinski definition) is 0. The Hall–Kier alpha value is -3.21. The average Bonchev–Trinajstić information content (AvgIpc) is 2.65. The number of nitriles is 2. The fourth-order valence-corrected chi connectivity index (χ4v) is 3.91. The van der Waals surface area contributed by atoms with Crippen LogP contribution in [0.1, 0.15) is 11.1 Å². The number of para-hydroxylation sites is 2. The van der Waals surface area contributed by atoms with Crippen LogP contribution in [0.25, 0.3) is 0 Å². The van der Waals surface area contributed by atoms with Crippen molar-refractivity contribution in [3.05, 3.63) is 77.9 Å². The molecule has 4 heteroatoms. The maximum absolute atomic E-state index is 9.29. The number of anilines is 3. The summed E-state index contributed by atoms with van der Waals surface area (Å²) in [6.07, 6.45) is 0. The Balaban J connectivity index is 1.99. The molecular weight excluding hydrogens is 314 g/mol. The lowest BCUT2D eigenvalue weighted by Gasteiger charge is -2.32. The Morgan fingerprint density at radius 1 is 0.708 bits per heavy atom. The van der Waals surface area contributed by atoms with Crippen LogP contribution in [0.5, 0.6) is 0 Å². The Morgan fingerprint density at radius 3 is 1.71 bits per heavy atom. The van der Waals surface area contributed by atoms with E-state index in [0.717, 1.165) is 26.9 Å². The summed E-state index contributed by atoms with van der Waals surface area (Å²) in [5, 5.41) is 18.6. The summed E-state index contributed by atoms with van der Waals surface area (Å²) in [6, 6.07) is 25.9. The van der Waals surface area contributed by atoms with Crippen molar-refractivity contribution in [2.75, 3.05) is 4.90 Å². The number of rotatable bonds is 1. The third kappa shape index (κ3) is 2.31. The van der Waals surface area contributed by atoms with Gasteiger partial charge in [0.05, 0.1) is 34.6 Å². The van der Waals surface area contributed by atoms with Gasteiger partial charge in [0.25, 0.3) is 0 Å². The van der Waals surface area contributed by atoms with E-state index in [0.29, 0.717) is 11.1 Å². The quantitative estimate of drug-likeness (QED) is 0.472. The minimum Gasteiger partial charge on any atom is -0.308 e. The molecular formula is C20H11N3S. The highest BCUT2D eigenvalue weighted by molar-refractivity contribution is 7.99. The van der Waals surface area contributed by atoms with Crippen molar-refractivity contribution in [1.29, 1.82) is 10.5 Å². The number of hydrogen-bond acceptors (Lipinski definition) is 4. The highest BCUT2D eigenvalue weighted by atomic mass is 32.2. The van der Waals surface area contributed by atoms with Gasteiger partial charge in [-0.25, -0.2) is 0 Å². The zero-order valence-corrected chi connectivity index (χ0v) is 13.4. The van der Waals surface area contributed by atoms with E-state index in [1.54, 1.807) is 17.8 Å². The monoisotopic (exact) mass is 325 g/mol. The molecule has 3 aromatic rings. The maximum Gasteiger partial charge on any atom is 0.0992 e. The number of nitrogens with zero attached hydrogens (tertiary/aromatic N) is 3. The van der Waals surface area contributed by atoms with E-state index in [9.17, 15) is 10.5 Å². The minimum absolute atomic E-state index is 0.484. The molecule has 24 heavy (non-hydrogen) atoms. The molecule has 0 saturated carbocycles. The summed E-state index contributed by atoms with van der Waals surface area (Å²) in [4.78, 5) is 4.41. The van der Waals surface area contributed by atoms with Crippen molar-refractivity contribution in [2.24, 2.45) is 0 Å². The van der Waals surface area contributed by atoms with Crippen LogP contribution >= 0.6 is 11.8 Å². The first kappa shape index (κ1) is 14.4. The molecule has 0 radical (unpaired) electrons. The van der Waals surface area contributed by atoms with Crippen molar-refractivity contribution in [1.82, 2.24) is 0 Å². The van der Waals surface area contributed by atoms with Gasteiger partial charge in [-0.1, -0.05) is 36.0 Å². The molecule has 1 aliphatic heterocycles. The molecule has 0 fully saturated rings. The van der Waals surface area contributed by atoms with Gasteiger partial charge >= 0.3 is 0 Å². The Bertz CT molecular complexity index is 950. The second-order valence-corrected chi connectivity index (χ2v) is 6.45. The van der Waals surface area contributed by atoms with Gasteiger partial charge in [0.2, 0.25) is 0 Å². The molecule has 0 saturated heterocycles. The predicted molar refractivity (Wildman–Crippen MR) is 94.7 cm³/mol. The lowest BCUT2D eigenvalue weighted by atomic mass is 10.1. The van der Waals surface area contributed by atoms with Crippen LogP contribution in [0.2, 0.25) is 0 Å². The molecule has 0 unspecified atom stereocenters. The molecule has 1 heterocycles. The molecule has 0 atom stereocenters. The molecule has 112 valence electrons. The number of benzene rings is 3. The van der Waals surface area contributed by atoms with E-state index in [2.05, 4.69) is 41.3 Å². The van der Waals surface area contributed by atoms with Gasteiger partial charge in [-0.3, -0.25) is 0 Å². The van der Waals surface area contributed by atoms with Crippen LogP contribution in [-0.4, -0.2) is 0 Å². The van der Waals surface area contributed by atoms with Crippen molar-refractivity contribution in [2.45, 2.75) is 9.79 Å². The van der Waals surface area contributed by atoms with Crippen LogP contribution in [0.15, 0.2) is 76.5 Å². The zero-order valence-electron chi connectivity index (χ0n) is 12.6. The highest BCUT2D eigenvalue weighted by Crippen LogP contribution is 2.51. The van der Waals surface area contributed by atoms with Crippen molar-refractivity contribution in [3.63, 3.8) is 0 Å². The van der Waals surface area contributed by atoms with Crippen LogP contribution in [0.4, 0.5) is 17.1 Å². The maximum atomic E-state index is 9.29. The van der Waals surface area contributed by atoms with Gasteiger partial charge in [-0.15, -0.1) is 0 Å². The molecule has 4 rings (SSSR count). The summed E-state index contributed by atoms with van der Waals surface area (Å²) < 4.78 is 0. The SMILES string of the molecule is N#Cc1cc(C#N)cc(N2c3ccccc3Sc3ccccc32)c1.